The molecule has 0 atom stereocenters. The van der Waals surface area contributed by atoms with Crippen molar-refractivity contribution >= 4 is 5.91 Å². The summed E-state index contributed by atoms with van der Waals surface area (Å²) in [5.74, 6) is -0.450. The van der Waals surface area contributed by atoms with Crippen LogP contribution < -0.4 is 5.32 Å². The highest BCUT2D eigenvalue weighted by Gasteiger charge is 2.32. The van der Waals surface area contributed by atoms with Crippen molar-refractivity contribution in [2.45, 2.75) is 26.9 Å². The molecule has 0 aliphatic rings. The van der Waals surface area contributed by atoms with Crippen molar-refractivity contribution in [3.05, 3.63) is 29.1 Å². The van der Waals surface area contributed by atoms with Crippen LogP contribution in [-0.2, 0) is 6.18 Å². The van der Waals surface area contributed by atoms with Gasteiger partial charge in [0, 0.05) is 7.05 Å². The van der Waals surface area contributed by atoms with E-state index in [0.717, 1.165) is 12.1 Å². The molecule has 1 aromatic rings. The van der Waals surface area contributed by atoms with Crippen LogP contribution in [0.25, 0.3) is 0 Å². The maximum atomic E-state index is 12.2. The van der Waals surface area contributed by atoms with Crippen LogP contribution in [0.4, 0.5) is 13.2 Å². The molecule has 1 aromatic heterocycles. The van der Waals surface area contributed by atoms with Crippen LogP contribution in [0.3, 0.4) is 0 Å². The van der Waals surface area contributed by atoms with Gasteiger partial charge in [-0.3, -0.25) is 4.79 Å². The van der Waals surface area contributed by atoms with E-state index < -0.39 is 17.8 Å². The van der Waals surface area contributed by atoms with Gasteiger partial charge in [-0.25, -0.2) is 4.98 Å². The molecule has 1 rings (SSSR count). The summed E-state index contributed by atoms with van der Waals surface area (Å²) in [5, 5.41) is 2.32. The number of carbonyl (C=O) groups excluding carboxylic acids is 1. The summed E-state index contributed by atoms with van der Waals surface area (Å²) in [6.07, 6.45) is -4.48. The first kappa shape index (κ1) is 15.4. The minimum absolute atomic E-state index is 0.0594. The first-order chi connectivity index (χ1) is 7.86. The molecule has 0 fully saturated rings. The summed E-state index contributed by atoms with van der Waals surface area (Å²) >= 11 is 0. The van der Waals surface area contributed by atoms with Gasteiger partial charge in [0.2, 0.25) is 0 Å². The molecule has 0 unspecified atom stereocenters. The quantitative estimate of drug-likeness (QED) is 0.830. The lowest BCUT2D eigenvalue weighted by molar-refractivity contribution is -0.141. The van der Waals surface area contributed by atoms with Crippen molar-refractivity contribution in [3.8, 4) is 0 Å². The standard InChI is InChI=1S/C9H9F3N2O.C2H6/c1-5-6(8(15)13-2)3-4-7(14-5)9(10,11)12;1-2/h3-4H,1-2H3,(H,13,15);1-2H3. The number of amides is 1. The van der Waals surface area contributed by atoms with E-state index in [0.29, 0.717) is 0 Å². The average molecular weight is 248 g/mol. The van der Waals surface area contributed by atoms with E-state index in [4.69, 9.17) is 0 Å². The first-order valence-electron chi connectivity index (χ1n) is 5.13. The van der Waals surface area contributed by atoms with E-state index in [1.165, 1.54) is 14.0 Å². The van der Waals surface area contributed by atoms with Crippen LogP contribution in [0.2, 0.25) is 0 Å². The van der Waals surface area contributed by atoms with Crippen LogP contribution in [0, 0.1) is 6.92 Å². The maximum Gasteiger partial charge on any atom is 0.433 e. The second kappa shape index (κ2) is 6.22. The molecule has 0 radical (unpaired) electrons. The van der Waals surface area contributed by atoms with E-state index in [1.807, 2.05) is 13.8 Å². The van der Waals surface area contributed by atoms with Gasteiger partial charge in [0.25, 0.3) is 5.91 Å². The average Bonchev–Trinajstić information content (AvgIpc) is 2.29. The zero-order valence-corrected chi connectivity index (χ0v) is 10.1. The molecule has 3 nitrogen and oxygen atoms in total. The molecule has 0 aliphatic carbocycles. The highest BCUT2D eigenvalue weighted by atomic mass is 19.4. The fraction of sp³-hybridized carbons (Fsp3) is 0.455. The van der Waals surface area contributed by atoms with Gasteiger partial charge in [0.05, 0.1) is 11.3 Å². The number of pyridine rings is 1. The summed E-state index contributed by atoms with van der Waals surface area (Å²) < 4.78 is 36.7. The lowest BCUT2D eigenvalue weighted by Crippen LogP contribution is -2.20. The molecule has 0 spiro atoms. The zero-order chi connectivity index (χ0) is 13.6. The highest BCUT2D eigenvalue weighted by molar-refractivity contribution is 5.94. The lowest BCUT2D eigenvalue weighted by Gasteiger charge is -2.08. The number of aryl methyl sites for hydroxylation is 1. The molecule has 0 saturated heterocycles. The van der Waals surface area contributed by atoms with Crippen LogP contribution in [0.5, 0.6) is 0 Å². The smallest absolute Gasteiger partial charge is 0.355 e. The number of carbonyl (C=O) groups is 1. The molecule has 0 saturated carbocycles. The topological polar surface area (TPSA) is 42.0 Å². The van der Waals surface area contributed by atoms with Crippen molar-refractivity contribution in [1.29, 1.82) is 0 Å². The number of nitrogens with one attached hydrogen (secondary N) is 1. The van der Waals surface area contributed by atoms with Gasteiger partial charge < -0.3 is 5.32 Å². The third-order valence-corrected chi connectivity index (χ3v) is 1.85. The number of hydrogen-bond donors (Lipinski definition) is 1. The predicted molar refractivity (Wildman–Crippen MR) is 58.7 cm³/mol. The van der Waals surface area contributed by atoms with Crippen LogP contribution >= 0.6 is 0 Å². The Morgan fingerprint density at radius 2 is 1.82 bits per heavy atom. The molecule has 96 valence electrons. The lowest BCUT2D eigenvalue weighted by atomic mass is 10.1. The van der Waals surface area contributed by atoms with Gasteiger partial charge >= 0.3 is 6.18 Å². The summed E-state index contributed by atoms with van der Waals surface area (Å²) in [5.41, 5.74) is -0.790. The minimum Gasteiger partial charge on any atom is -0.355 e. The van der Waals surface area contributed by atoms with Crippen LogP contribution in [0.15, 0.2) is 12.1 Å². The Balaban J connectivity index is 0.00000121. The monoisotopic (exact) mass is 248 g/mol. The number of nitrogens with zero attached hydrogens (tertiary/aromatic N) is 1. The summed E-state index contributed by atoms with van der Waals surface area (Å²) in [4.78, 5) is 14.5. The Morgan fingerprint density at radius 1 is 1.29 bits per heavy atom. The van der Waals surface area contributed by atoms with E-state index in [1.54, 1.807) is 0 Å². The van der Waals surface area contributed by atoms with Gasteiger partial charge in [-0.05, 0) is 19.1 Å². The molecule has 0 aromatic carbocycles. The van der Waals surface area contributed by atoms with Gasteiger partial charge in [-0.1, -0.05) is 13.8 Å². The van der Waals surface area contributed by atoms with E-state index in [9.17, 15) is 18.0 Å². The second-order valence-corrected chi connectivity index (χ2v) is 2.91. The molecule has 1 amide bonds. The fourth-order valence-electron chi connectivity index (χ4n) is 1.09. The normalized spacial score (nSPS) is 10.3. The molecule has 17 heavy (non-hydrogen) atoms. The third-order valence-electron chi connectivity index (χ3n) is 1.85. The predicted octanol–water partition coefficient (Wildman–Crippen LogP) is 2.79. The molecule has 6 heteroatoms. The van der Waals surface area contributed by atoms with Crippen molar-refractivity contribution in [3.63, 3.8) is 0 Å². The minimum atomic E-state index is -4.48. The molecule has 1 N–H and O–H groups in total. The fourth-order valence-corrected chi connectivity index (χ4v) is 1.09. The third kappa shape index (κ3) is 4.05. The molecule has 0 aliphatic heterocycles. The van der Waals surface area contributed by atoms with Crippen molar-refractivity contribution in [2.24, 2.45) is 0 Å². The van der Waals surface area contributed by atoms with Crippen LogP contribution in [-0.4, -0.2) is 17.9 Å². The zero-order valence-electron chi connectivity index (χ0n) is 10.1. The largest absolute Gasteiger partial charge is 0.433 e. The second-order valence-electron chi connectivity index (χ2n) is 2.91. The number of halogens is 3. The van der Waals surface area contributed by atoms with Gasteiger partial charge in [0.1, 0.15) is 5.69 Å². The van der Waals surface area contributed by atoms with Crippen LogP contribution in [0.1, 0.15) is 35.6 Å². The number of aromatic nitrogens is 1. The maximum absolute atomic E-state index is 12.2. The number of hydrogen-bond acceptors (Lipinski definition) is 2. The molecule has 0 bridgehead atoms. The van der Waals surface area contributed by atoms with Gasteiger partial charge in [0.15, 0.2) is 0 Å². The first-order valence-corrected chi connectivity index (χ1v) is 5.13. The number of alkyl halides is 3. The van der Waals surface area contributed by atoms with E-state index >= 15 is 0 Å². The Bertz CT molecular complexity index is 389. The molecule has 1 heterocycles. The Hall–Kier alpha value is -1.59. The van der Waals surface area contributed by atoms with Gasteiger partial charge in [-0.15, -0.1) is 0 Å². The van der Waals surface area contributed by atoms with Crippen molar-refractivity contribution in [2.75, 3.05) is 7.05 Å². The summed E-state index contributed by atoms with van der Waals surface area (Å²) in [6, 6.07) is 1.90. The Kier molecular flexibility index (Phi) is 5.64. The van der Waals surface area contributed by atoms with Crippen molar-refractivity contribution < 1.29 is 18.0 Å². The highest BCUT2D eigenvalue weighted by Crippen LogP contribution is 2.28. The SMILES string of the molecule is CC.CNC(=O)c1ccc(C(F)(F)F)nc1C. The van der Waals surface area contributed by atoms with E-state index in [-0.39, 0.29) is 11.3 Å². The summed E-state index contributed by atoms with van der Waals surface area (Å²) in [7, 11) is 1.40. The Morgan fingerprint density at radius 3 is 2.18 bits per heavy atom. The molecular weight excluding hydrogens is 233 g/mol. The van der Waals surface area contributed by atoms with Crippen molar-refractivity contribution in [1.82, 2.24) is 10.3 Å². The Labute approximate surface area is 98.1 Å². The van der Waals surface area contributed by atoms with E-state index in [2.05, 4.69) is 10.3 Å². The molecular formula is C11H15F3N2O. The number of rotatable bonds is 1. The summed E-state index contributed by atoms with van der Waals surface area (Å²) in [6.45, 7) is 5.36. The van der Waals surface area contributed by atoms with Gasteiger partial charge in [-0.2, -0.15) is 13.2 Å².